The lowest BCUT2D eigenvalue weighted by Gasteiger charge is -2.21. The minimum absolute atomic E-state index is 0.0873. The number of hydrogen-bond donors (Lipinski definition) is 2. The van der Waals surface area contributed by atoms with Crippen LogP contribution in [0.25, 0.3) is 0 Å². The van der Waals surface area contributed by atoms with Gasteiger partial charge in [-0.1, -0.05) is 55.5 Å². The predicted molar refractivity (Wildman–Crippen MR) is 92.9 cm³/mol. The highest BCUT2D eigenvalue weighted by molar-refractivity contribution is 5.79. The van der Waals surface area contributed by atoms with E-state index in [1.54, 1.807) is 25.1 Å². The molecule has 2 N–H and O–H groups in total. The Bertz CT molecular complexity index is 645. The van der Waals surface area contributed by atoms with E-state index in [0.29, 0.717) is 24.8 Å². The Balaban J connectivity index is 2.02. The van der Waals surface area contributed by atoms with Crippen molar-refractivity contribution in [2.45, 2.75) is 32.2 Å². The number of benzene rings is 2. The molecule has 0 bridgehead atoms. The van der Waals surface area contributed by atoms with E-state index in [1.165, 1.54) is 6.07 Å². The molecule has 0 aliphatic carbocycles. The van der Waals surface area contributed by atoms with Crippen molar-refractivity contribution in [1.82, 2.24) is 5.32 Å². The number of carbonyl (C=O) groups excluding carboxylic acids is 1. The highest BCUT2D eigenvalue weighted by Gasteiger charge is 2.20. The summed E-state index contributed by atoms with van der Waals surface area (Å²) in [4.78, 5) is 12.5. The molecule has 0 heterocycles. The summed E-state index contributed by atoms with van der Waals surface area (Å²) in [6, 6.07) is 16.1. The van der Waals surface area contributed by atoms with E-state index in [2.05, 4.69) is 5.32 Å². The van der Waals surface area contributed by atoms with Crippen LogP contribution in [0.5, 0.6) is 0 Å². The van der Waals surface area contributed by atoms with Gasteiger partial charge in [-0.2, -0.15) is 0 Å². The molecule has 1 amide bonds. The number of carbonyl (C=O) groups is 1. The second kappa shape index (κ2) is 9.18. The van der Waals surface area contributed by atoms with Crippen LogP contribution in [-0.2, 0) is 11.2 Å². The molecule has 4 heteroatoms. The van der Waals surface area contributed by atoms with E-state index in [0.717, 1.165) is 5.56 Å². The van der Waals surface area contributed by atoms with Crippen LogP contribution in [-0.4, -0.2) is 17.6 Å². The third-order valence-corrected chi connectivity index (χ3v) is 4.10. The van der Waals surface area contributed by atoms with Crippen molar-refractivity contribution in [3.05, 3.63) is 71.5 Å². The Morgan fingerprint density at radius 1 is 1.12 bits per heavy atom. The van der Waals surface area contributed by atoms with Crippen LogP contribution in [0.15, 0.2) is 54.6 Å². The molecule has 128 valence electrons. The summed E-state index contributed by atoms with van der Waals surface area (Å²) in [7, 11) is 0. The first-order valence-electron chi connectivity index (χ1n) is 8.31. The molecular weight excluding hydrogens is 305 g/mol. The highest BCUT2D eigenvalue weighted by Crippen LogP contribution is 2.20. The SMILES string of the molecule is CC(Cc1ccccc1F)C(=O)NC(CCCO)c1ccccc1. The number of halogens is 1. The Kier molecular flexibility index (Phi) is 6.94. The third-order valence-electron chi connectivity index (χ3n) is 4.10. The van der Waals surface area contributed by atoms with E-state index in [9.17, 15) is 9.18 Å². The molecular formula is C20H24FNO2. The fourth-order valence-corrected chi connectivity index (χ4v) is 2.70. The number of aliphatic hydroxyl groups excluding tert-OH is 1. The lowest BCUT2D eigenvalue weighted by Crippen LogP contribution is -2.34. The lowest BCUT2D eigenvalue weighted by atomic mass is 9.97. The Morgan fingerprint density at radius 2 is 1.79 bits per heavy atom. The maximum absolute atomic E-state index is 13.7. The van der Waals surface area contributed by atoms with Gasteiger partial charge < -0.3 is 10.4 Å². The average Bonchev–Trinajstić information content (AvgIpc) is 2.61. The van der Waals surface area contributed by atoms with Crippen molar-refractivity contribution in [2.24, 2.45) is 5.92 Å². The van der Waals surface area contributed by atoms with Crippen molar-refractivity contribution in [3.8, 4) is 0 Å². The molecule has 0 aromatic heterocycles. The van der Waals surface area contributed by atoms with Gasteiger partial charge in [0.1, 0.15) is 5.82 Å². The second-order valence-corrected chi connectivity index (χ2v) is 6.03. The molecule has 0 spiro atoms. The molecule has 2 unspecified atom stereocenters. The number of aliphatic hydroxyl groups is 1. The standard InChI is InChI=1S/C20H24FNO2/c1-15(14-17-10-5-6-11-18(17)21)20(24)22-19(12-7-13-23)16-8-3-2-4-9-16/h2-6,8-11,15,19,23H,7,12-14H2,1H3,(H,22,24). The summed E-state index contributed by atoms with van der Waals surface area (Å²) in [6.07, 6.45) is 1.64. The largest absolute Gasteiger partial charge is 0.396 e. The highest BCUT2D eigenvalue weighted by atomic mass is 19.1. The van der Waals surface area contributed by atoms with Crippen molar-refractivity contribution < 1.29 is 14.3 Å². The van der Waals surface area contributed by atoms with Crippen molar-refractivity contribution in [1.29, 1.82) is 0 Å². The zero-order valence-electron chi connectivity index (χ0n) is 13.9. The van der Waals surface area contributed by atoms with Crippen molar-refractivity contribution in [3.63, 3.8) is 0 Å². The molecule has 0 aliphatic heterocycles. The monoisotopic (exact) mass is 329 g/mol. The van der Waals surface area contributed by atoms with Crippen LogP contribution in [0.1, 0.15) is 36.9 Å². The molecule has 2 aromatic rings. The summed E-state index contributed by atoms with van der Waals surface area (Å²) >= 11 is 0. The smallest absolute Gasteiger partial charge is 0.223 e. The first-order valence-corrected chi connectivity index (χ1v) is 8.31. The predicted octanol–water partition coefficient (Wildman–Crippen LogP) is 3.63. The Hall–Kier alpha value is -2.20. The van der Waals surface area contributed by atoms with Crippen LogP contribution in [0.3, 0.4) is 0 Å². The molecule has 0 aliphatic rings. The van der Waals surface area contributed by atoms with Gasteiger partial charge in [0.05, 0.1) is 6.04 Å². The minimum Gasteiger partial charge on any atom is -0.396 e. The van der Waals surface area contributed by atoms with E-state index in [4.69, 9.17) is 5.11 Å². The summed E-state index contributed by atoms with van der Waals surface area (Å²) in [6.45, 7) is 1.89. The Morgan fingerprint density at radius 3 is 2.46 bits per heavy atom. The molecule has 3 nitrogen and oxygen atoms in total. The maximum Gasteiger partial charge on any atom is 0.223 e. The normalized spacial score (nSPS) is 13.3. The number of rotatable bonds is 8. The molecule has 0 saturated heterocycles. The topological polar surface area (TPSA) is 49.3 Å². The molecule has 2 aromatic carbocycles. The fourth-order valence-electron chi connectivity index (χ4n) is 2.70. The van der Waals surface area contributed by atoms with Gasteiger partial charge in [-0.25, -0.2) is 4.39 Å². The van der Waals surface area contributed by atoms with Crippen LogP contribution < -0.4 is 5.32 Å². The zero-order chi connectivity index (χ0) is 17.4. The number of amides is 1. The van der Waals surface area contributed by atoms with Gasteiger partial charge in [0.25, 0.3) is 0 Å². The van der Waals surface area contributed by atoms with Gasteiger partial charge in [0, 0.05) is 12.5 Å². The molecule has 0 saturated carbocycles. The minimum atomic E-state index is -0.331. The van der Waals surface area contributed by atoms with Crippen molar-refractivity contribution in [2.75, 3.05) is 6.61 Å². The van der Waals surface area contributed by atoms with Crippen LogP contribution in [0.4, 0.5) is 4.39 Å². The van der Waals surface area contributed by atoms with E-state index < -0.39 is 0 Å². The van der Waals surface area contributed by atoms with E-state index in [-0.39, 0.29) is 30.3 Å². The van der Waals surface area contributed by atoms with Gasteiger partial charge in [-0.15, -0.1) is 0 Å². The summed E-state index contributed by atoms with van der Waals surface area (Å²) in [5.41, 5.74) is 1.56. The van der Waals surface area contributed by atoms with Gasteiger partial charge in [-0.3, -0.25) is 4.79 Å². The van der Waals surface area contributed by atoms with Gasteiger partial charge in [-0.05, 0) is 36.5 Å². The van der Waals surface area contributed by atoms with Crippen LogP contribution in [0, 0.1) is 11.7 Å². The lowest BCUT2D eigenvalue weighted by molar-refractivity contribution is -0.125. The second-order valence-electron chi connectivity index (χ2n) is 6.03. The molecule has 24 heavy (non-hydrogen) atoms. The summed E-state index contributed by atoms with van der Waals surface area (Å²) < 4.78 is 13.7. The van der Waals surface area contributed by atoms with Crippen LogP contribution >= 0.6 is 0 Å². The number of nitrogens with one attached hydrogen (secondary N) is 1. The molecule has 2 rings (SSSR count). The number of hydrogen-bond acceptors (Lipinski definition) is 2. The van der Waals surface area contributed by atoms with Gasteiger partial charge >= 0.3 is 0 Å². The summed E-state index contributed by atoms with van der Waals surface area (Å²) in [5.74, 6) is -0.718. The first kappa shape index (κ1) is 18.1. The summed E-state index contributed by atoms with van der Waals surface area (Å²) in [5, 5.41) is 12.1. The maximum atomic E-state index is 13.7. The average molecular weight is 329 g/mol. The van der Waals surface area contributed by atoms with Gasteiger partial charge in [0.2, 0.25) is 5.91 Å². The third kappa shape index (κ3) is 5.17. The fraction of sp³-hybridized carbons (Fsp3) is 0.350. The first-order chi connectivity index (χ1) is 11.6. The zero-order valence-corrected chi connectivity index (χ0v) is 13.9. The molecule has 2 atom stereocenters. The van der Waals surface area contributed by atoms with Crippen LogP contribution in [0.2, 0.25) is 0 Å². The molecule has 0 fully saturated rings. The molecule has 0 radical (unpaired) electrons. The van der Waals surface area contributed by atoms with Gasteiger partial charge in [0.15, 0.2) is 0 Å². The van der Waals surface area contributed by atoms with E-state index >= 15 is 0 Å². The van der Waals surface area contributed by atoms with E-state index in [1.807, 2.05) is 30.3 Å². The quantitative estimate of drug-likeness (QED) is 0.777. The Labute approximate surface area is 142 Å². The van der Waals surface area contributed by atoms with Crippen molar-refractivity contribution >= 4 is 5.91 Å².